The van der Waals surface area contributed by atoms with Crippen molar-refractivity contribution in [2.45, 2.75) is 13.2 Å². The van der Waals surface area contributed by atoms with Gasteiger partial charge in [-0.05, 0) is 18.2 Å². The SMILES string of the molecule is COCc1cc(COc2cc(Br)ccc2Cl)no1. The molecule has 0 aliphatic carbocycles. The fraction of sp³-hybridized carbons (Fsp3) is 0.250. The molecule has 0 amide bonds. The molecule has 0 bridgehead atoms. The predicted molar refractivity (Wildman–Crippen MR) is 70.7 cm³/mol. The Hall–Kier alpha value is -1.04. The maximum atomic E-state index is 6.01. The normalized spacial score (nSPS) is 10.6. The van der Waals surface area contributed by atoms with Gasteiger partial charge in [0, 0.05) is 17.6 Å². The molecular weight excluding hydrogens is 321 g/mol. The standard InChI is InChI=1S/C12H11BrClNO3/c1-16-7-10-5-9(15-18-10)6-17-12-4-8(13)2-3-11(12)14/h2-5H,6-7H2,1H3. The molecule has 0 fully saturated rings. The fourth-order valence-electron chi connectivity index (χ4n) is 1.37. The zero-order chi connectivity index (χ0) is 13.0. The van der Waals surface area contributed by atoms with E-state index in [1.165, 1.54) is 0 Å². The summed E-state index contributed by atoms with van der Waals surface area (Å²) in [6.07, 6.45) is 0. The molecule has 2 rings (SSSR count). The van der Waals surface area contributed by atoms with Gasteiger partial charge in [-0.25, -0.2) is 0 Å². The monoisotopic (exact) mass is 331 g/mol. The minimum Gasteiger partial charge on any atom is -0.486 e. The quantitative estimate of drug-likeness (QED) is 0.835. The average molecular weight is 333 g/mol. The van der Waals surface area contributed by atoms with Crippen LogP contribution in [0.5, 0.6) is 5.75 Å². The summed E-state index contributed by atoms with van der Waals surface area (Å²) in [5.41, 5.74) is 0.693. The molecule has 0 atom stereocenters. The number of aromatic nitrogens is 1. The summed E-state index contributed by atoms with van der Waals surface area (Å²) in [5.74, 6) is 1.26. The molecule has 0 aliphatic rings. The molecule has 4 nitrogen and oxygen atoms in total. The maximum Gasteiger partial charge on any atom is 0.162 e. The molecular formula is C12H11BrClNO3. The Morgan fingerprint density at radius 2 is 2.17 bits per heavy atom. The van der Waals surface area contributed by atoms with Gasteiger partial charge in [-0.15, -0.1) is 0 Å². The lowest BCUT2D eigenvalue weighted by atomic mass is 10.3. The van der Waals surface area contributed by atoms with E-state index < -0.39 is 0 Å². The van der Waals surface area contributed by atoms with Crippen molar-refractivity contribution in [3.63, 3.8) is 0 Å². The number of nitrogens with zero attached hydrogens (tertiary/aromatic N) is 1. The van der Waals surface area contributed by atoms with Gasteiger partial charge >= 0.3 is 0 Å². The van der Waals surface area contributed by atoms with Gasteiger partial charge in [-0.2, -0.15) is 0 Å². The molecule has 0 N–H and O–H groups in total. The summed E-state index contributed by atoms with van der Waals surface area (Å²) in [6.45, 7) is 0.689. The Morgan fingerprint density at radius 1 is 1.33 bits per heavy atom. The van der Waals surface area contributed by atoms with Crippen LogP contribution in [-0.2, 0) is 18.0 Å². The number of benzene rings is 1. The van der Waals surface area contributed by atoms with E-state index in [0.29, 0.717) is 35.4 Å². The molecule has 0 saturated carbocycles. The zero-order valence-corrected chi connectivity index (χ0v) is 12.0. The molecule has 2 aromatic rings. The van der Waals surface area contributed by atoms with Crippen molar-refractivity contribution in [1.29, 1.82) is 0 Å². The van der Waals surface area contributed by atoms with Crippen molar-refractivity contribution in [2.75, 3.05) is 7.11 Å². The molecule has 18 heavy (non-hydrogen) atoms. The van der Waals surface area contributed by atoms with Gasteiger partial charge in [-0.1, -0.05) is 32.7 Å². The smallest absolute Gasteiger partial charge is 0.162 e. The topological polar surface area (TPSA) is 44.5 Å². The van der Waals surface area contributed by atoms with Crippen molar-refractivity contribution in [1.82, 2.24) is 5.16 Å². The first kappa shape index (κ1) is 13.4. The van der Waals surface area contributed by atoms with Crippen molar-refractivity contribution in [3.8, 4) is 5.75 Å². The van der Waals surface area contributed by atoms with Crippen molar-refractivity contribution < 1.29 is 14.0 Å². The van der Waals surface area contributed by atoms with Gasteiger partial charge in [-0.3, -0.25) is 0 Å². The highest BCUT2D eigenvalue weighted by Crippen LogP contribution is 2.28. The van der Waals surface area contributed by atoms with Crippen LogP contribution in [-0.4, -0.2) is 12.3 Å². The molecule has 6 heteroatoms. The highest BCUT2D eigenvalue weighted by molar-refractivity contribution is 9.10. The van der Waals surface area contributed by atoms with Crippen molar-refractivity contribution >= 4 is 27.5 Å². The van der Waals surface area contributed by atoms with Gasteiger partial charge in [0.1, 0.15) is 24.7 Å². The number of hydrogen-bond donors (Lipinski definition) is 0. The Kier molecular flexibility index (Phi) is 4.63. The molecule has 96 valence electrons. The van der Waals surface area contributed by atoms with Gasteiger partial charge < -0.3 is 14.0 Å². The molecule has 0 unspecified atom stereocenters. The van der Waals surface area contributed by atoms with Gasteiger partial charge in [0.25, 0.3) is 0 Å². The lowest BCUT2D eigenvalue weighted by molar-refractivity contribution is 0.155. The maximum absolute atomic E-state index is 6.01. The third kappa shape index (κ3) is 3.48. The first-order valence-corrected chi connectivity index (χ1v) is 6.37. The third-order valence-electron chi connectivity index (χ3n) is 2.16. The molecule has 0 radical (unpaired) electrons. The second-order valence-electron chi connectivity index (χ2n) is 3.58. The Bertz CT molecular complexity index is 530. The lowest BCUT2D eigenvalue weighted by Gasteiger charge is -2.06. The molecule has 0 spiro atoms. The van der Waals surface area contributed by atoms with E-state index in [0.717, 1.165) is 4.47 Å². The van der Waals surface area contributed by atoms with Crippen LogP contribution in [0.4, 0.5) is 0 Å². The first-order valence-electron chi connectivity index (χ1n) is 5.20. The highest BCUT2D eigenvalue weighted by atomic mass is 79.9. The van der Waals surface area contributed by atoms with Crippen LogP contribution in [0.1, 0.15) is 11.5 Å². The van der Waals surface area contributed by atoms with E-state index in [9.17, 15) is 0 Å². The van der Waals surface area contributed by atoms with Crippen molar-refractivity contribution in [2.24, 2.45) is 0 Å². The van der Waals surface area contributed by atoms with Crippen LogP contribution < -0.4 is 4.74 Å². The minimum atomic E-state index is 0.295. The second-order valence-corrected chi connectivity index (χ2v) is 4.90. The number of hydrogen-bond acceptors (Lipinski definition) is 4. The summed E-state index contributed by atoms with van der Waals surface area (Å²) in [4.78, 5) is 0. The summed E-state index contributed by atoms with van der Waals surface area (Å²) in [6, 6.07) is 7.20. The van der Waals surface area contributed by atoms with Crippen LogP contribution in [0.25, 0.3) is 0 Å². The van der Waals surface area contributed by atoms with Gasteiger partial charge in [0.15, 0.2) is 5.76 Å². The van der Waals surface area contributed by atoms with E-state index in [1.807, 2.05) is 6.07 Å². The predicted octanol–water partition coefficient (Wildman–Crippen LogP) is 3.82. The van der Waals surface area contributed by atoms with Crippen LogP contribution >= 0.6 is 27.5 Å². The summed E-state index contributed by atoms with van der Waals surface area (Å²) in [5, 5.41) is 4.42. The molecule has 0 aliphatic heterocycles. The summed E-state index contributed by atoms with van der Waals surface area (Å²) >= 11 is 9.37. The first-order chi connectivity index (χ1) is 8.69. The minimum absolute atomic E-state index is 0.295. The van der Waals surface area contributed by atoms with Crippen LogP contribution in [0.2, 0.25) is 5.02 Å². The van der Waals surface area contributed by atoms with E-state index in [4.69, 9.17) is 25.6 Å². The van der Waals surface area contributed by atoms with Crippen LogP contribution in [0.3, 0.4) is 0 Å². The van der Waals surface area contributed by atoms with E-state index >= 15 is 0 Å². The van der Waals surface area contributed by atoms with E-state index in [1.54, 1.807) is 25.3 Å². The summed E-state index contributed by atoms with van der Waals surface area (Å²) < 4.78 is 16.5. The van der Waals surface area contributed by atoms with Gasteiger partial charge in [0.05, 0.1) is 5.02 Å². The zero-order valence-electron chi connectivity index (χ0n) is 9.65. The Labute approximate surface area is 118 Å². The Balaban J connectivity index is 1.99. The number of ether oxygens (including phenoxy) is 2. The summed E-state index contributed by atoms with van der Waals surface area (Å²) in [7, 11) is 1.60. The Morgan fingerprint density at radius 3 is 2.94 bits per heavy atom. The molecule has 1 aromatic heterocycles. The highest BCUT2D eigenvalue weighted by Gasteiger charge is 2.07. The third-order valence-corrected chi connectivity index (χ3v) is 2.97. The van der Waals surface area contributed by atoms with E-state index in [-0.39, 0.29) is 0 Å². The largest absolute Gasteiger partial charge is 0.486 e. The fourth-order valence-corrected chi connectivity index (χ4v) is 1.89. The van der Waals surface area contributed by atoms with Gasteiger partial charge in [0.2, 0.25) is 0 Å². The number of halogens is 2. The average Bonchev–Trinajstić information content (AvgIpc) is 2.79. The molecule has 1 aromatic carbocycles. The second kappa shape index (κ2) is 6.22. The van der Waals surface area contributed by atoms with Crippen LogP contribution in [0, 0.1) is 0 Å². The molecule has 0 saturated heterocycles. The van der Waals surface area contributed by atoms with Crippen molar-refractivity contribution in [3.05, 3.63) is 45.2 Å². The lowest BCUT2D eigenvalue weighted by Crippen LogP contribution is -1.96. The number of methoxy groups -OCH3 is 1. The van der Waals surface area contributed by atoms with E-state index in [2.05, 4.69) is 21.1 Å². The van der Waals surface area contributed by atoms with Crippen LogP contribution in [0.15, 0.2) is 33.3 Å². The number of rotatable bonds is 5. The molecule has 1 heterocycles.